The Bertz CT molecular complexity index is 1210. The number of hydrogen-bond donors (Lipinski definition) is 4. The molecule has 3 rings (SSSR count). The molecule has 15 heteroatoms. The summed E-state index contributed by atoms with van der Waals surface area (Å²) in [4.78, 5) is 42.4. The van der Waals surface area contributed by atoms with Gasteiger partial charge < -0.3 is 30.7 Å². The Morgan fingerprint density at radius 2 is 1.97 bits per heavy atom. The number of nitrogens with two attached hydrogens (primary N) is 1. The van der Waals surface area contributed by atoms with Crippen molar-refractivity contribution in [2.75, 3.05) is 30.8 Å². The van der Waals surface area contributed by atoms with Crippen LogP contribution in [0.1, 0.15) is 12.0 Å². The van der Waals surface area contributed by atoms with Gasteiger partial charge in [-0.2, -0.15) is 0 Å². The van der Waals surface area contributed by atoms with Gasteiger partial charge in [-0.05, 0) is 24.6 Å². The molecule has 2 heterocycles. The maximum Gasteiger partial charge on any atom is 0.573 e. The summed E-state index contributed by atoms with van der Waals surface area (Å²) in [6, 6.07) is 2.97. The molecule has 198 valence electrons. The van der Waals surface area contributed by atoms with E-state index in [1.54, 1.807) is 0 Å². The summed E-state index contributed by atoms with van der Waals surface area (Å²) in [5.41, 5.74) is 4.35. The molecule has 1 saturated heterocycles. The number of benzene rings is 1. The van der Waals surface area contributed by atoms with Crippen LogP contribution in [0, 0.1) is 11.2 Å². The van der Waals surface area contributed by atoms with E-state index < -0.39 is 59.2 Å². The van der Waals surface area contributed by atoms with Gasteiger partial charge in [-0.1, -0.05) is 6.07 Å². The van der Waals surface area contributed by atoms with Crippen LogP contribution < -0.4 is 21.1 Å². The number of carbonyl (C=O) groups is 3. The molecule has 2 aromatic rings. The maximum atomic E-state index is 14.5. The number of aromatic nitrogens is 1. The molecule has 1 aliphatic rings. The van der Waals surface area contributed by atoms with Crippen molar-refractivity contribution in [3.8, 4) is 5.75 Å². The molecule has 1 aromatic heterocycles. The first-order valence-electron chi connectivity index (χ1n) is 10.7. The predicted molar refractivity (Wildman–Crippen MR) is 121 cm³/mol. The first-order chi connectivity index (χ1) is 17.4. The van der Waals surface area contributed by atoms with Gasteiger partial charge in [-0.15, -0.1) is 13.2 Å². The van der Waals surface area contributed by atoms with Crippen molar-refractivity contribution in [3.05, 3.63) is 48.0 Å². The van der Waals surface area contributed by atoms with Gasteiger partial charge in [0.25, 0.3) is 5.91 Å². The number of pyridine rings is 1. The highest BCUT2D eigenvalue weighted by Crippen LogP contribution is 2.30. The highest BCUT2D eigenvalue weighted by atomic mass is 19.4. The van der Waals surface area contributed by atoms with Crippen LogP contribution in [-0.2, 0) is 19.1 Å². The van der Waals surface area contributed by atoms with Crippen LogP contribution in [0.3, 0.4) is 0 Å². The Morgan fingerprint density at radius 1 is 1.24 bits per heavy atom. The number of hydrogen-bond acceptors (Lipinski definition) is 8. The zero-order valence-electron chi connectivity index (χ0n) is 19.3. The topological polar surface area (TPSA) is 160 Å². The molecule has 0 aliphatic carbocycles. The molecule has 37 heavy (non-hydrogen) atoms. The van der Waals surface area contributed by atoms with E-state index in [0.717, 1.165) is 18.2 Å². The van der Waals surface area contributed by atoms with Gasteiger partial charge in [0.15, 0.2) is 11.6 Å². The lowest BCUT2D eigenvalue weighted by Gasteiger charge is -2.27. The first kappa shape index (κ1) is 27.3. The van der Waals surface area contributed by atoms with Gasteiger partial charge in [-0.3, -0.25) is 24.8 Å². The van der Waals surface area contributed by atoms with Gasteiger partial charge in [0.2, 0.25) is 11.8 Å². The molecule has 0 radical (unpaired) electrons. The van der Waals surface area contributed by atoms with Crippen molar-refractivity contribution in [2.45, 2.75) is 24.9 Å². The zero-order valence-corrected chi connectivity index (χ0v) is 19.3. The Hall–Kier alpha value is -4.27. The highest BCUT2D eigenvalue weighted by molar-refractivity contribution is 6.44. The van der Waals surface area contributed by atoms with Crippen LogP contribution in [0.2, 0.25) is 0 Å². The summed E-state index contributed by atoms with van der Waals surface area (Å²) in [6.07, 6.45) is -3.05. The number of anilines is 2. The molecule has 1 aliphatic heterocycles. The smallest absolute Gasteiger partial charge is 0.403 e. The van der Waals surface area contributed by atoms with Crippen molar-refractivity contribution < 1.29 is 41.4 Å². The lowest BCUT2D eigenvalue weighted by Crippen LogP contribution is -2.49. The quantitative estimate of drug-likeness (QED) is 0.285. The molecule has 1 fully saturated rings. The van der Waals surface area contributed by atoms with Crippen LogP contribution in [0.25, 0.3) is 0 Å². The molecule has 0 bridgehead atoms. The molecular weight excluding hydrogens is 504 g/mol. The summed E-state index contributed by atoms with van der Waals surface area (Å²) in [6.45, 7) is -0.290. The molecule has 2 atom stereocenters. The van der Waals surface area contributed by atoms with Gasteiger partial charge in [0, 0.05) is 25.4 Å². The number of amides is 3. The summed E-state index contributed by atoms with van der Waals surface area (Å²) >= 11 is 0. The fourth-order valence-electron chi connectivity index (χ4n) is 3.78. The molecule has 0 saturated carbocycles. The van der Waals surface area contributed by atoms with Crippen molar-refractivity contribution in [2.24, 2.45) is 5.73 Å². The number of rotatable bonds is 9. The van der Waals surface area contributed by atoms with Gasteiger partial charge in [0.1, 0.15) is 11.8 Å². The summed E-state index contributed by atoms with van der Waals surface area (Å²) in [7, 11) is 1.31. The summed E-state index contributed by atoms with van der Waals surface area (Å²) < 4.78 is 61.0. The van der Waals surface area contributed by atoms with E-state index in [4.69, 9.17) is 15.9 Å². The van der Waals surface area contributed by atoms with Crippen molar-refractivity contribution >= 4 is 34.8 Å². The van der Waals surface area contributed by atoms with E-state index in [2.05, 4.69) is 20.4 Å². The van der Waals surface area contributed by atoms with E-state index in [9.17, 15) is 31.9 Å². The van der Waals surface area contributed by atoms with Gasteiger partial charge >= 0.3 is 6.36 Å². The van der Waals surface area contributed by atoms with E-state index in [1.807, 2.05) is 0 Å². The molecule has 0 unspecified atom stereocenters. The molecule has 1 aromatic carbocycles. The van der Waals surface area contributed by atoms with Gasteiger partial charge in [0.05, 0.1) is 30.2 Å². The first-order valence-corrected chi connectivity index (χ1v) is 10.7. The predicted octanol–water partition coefficient (Wildman–Crippen LogP) is 1.64. The molecule has 3 amide bonds. The minimum Gasteiger partial charge on any atom is -0.403 e. The zero-order chi connectivity index (χ0) is 27.3. The average Bonchev–Trinajstić information content (AvgIpc) is 3.28. The monoisotopic (exact) mass is 526 g/mol. The minimum absolute atomic E-state index is 0.0911. The Morgan fingerprint density at radius 3 is 2.62 bits per heavy atom. The van der Waals surface area contributed by atoms with Crippen LogP contribution in [0.5, 0.6) is 5.75 Å². The van der Waals surface area contributed by atoms with Crippen molar-refractivity contribution in [1.29, 1.82) is 5.41 Å². The fraction of sp³-hybridized carbons (Fsp3) is 0.318. The number of alkyl halides is 3. The van der Waals surface area contributed by atoms with E-state index in [1.165, 1.54) is 30.5 Å². The largest absolute Gasteiger partial charge is 0.573 e. The number of primary amides is 1. The number of nitrogens with one attached hydrogen (secondary N) is 3. The Kier molecular flexibility index (Phi) is 8.27. The molecule has 5 N–H and O–H groups in total. The number of likely N-dealkylation sites (tertiary alicyclic amines) is 1. The average molecular weight is 526 g/mol. The fourth-order valence-corrected chi connectivity index (χ4v) is 3.78. The number of methoxy groups -OCH3 is 1. The summed E-state index contributed by atoms with van der Waals surface area (Å²) in [5.74, 6) is -5.04. The second kappa shape index (κ2) is 11.2. The standard InChI is InChI=1S/C22H22F4N6O5/c1-36-15-6-8-32(16(33)10-30-13-9-29-7-5-11(13)18(27)20(28)34)19(15)21(35)31-12-3-2-4-14(17(12)23)37-22(24,25)26/h2-5,7,9,15,19,27,30H,6,8,10H2,1H3,(H2,28,34)(H,31,35)/t15-,19+/m1/s1. The van der Waals surface area contributed by atoms with Crippen molar-refractivity contribution in [3.63, 3.8) is 0 Å². The third-order valence-electron chi connectivity index (χ3n) is 5.45. The normalized spacial score (nSPS) is 17.3. The molecule has 0 spiro atoms. The second-order valence-corrected chi connectivity index (χ2v) is 7.76. The van der Waals surface area contributed by atoms with E-state index in [-0.39, 0.29) is 30.8 Å². The van der Waals surface area contributed by atoms with E-state index >= 15 is 0 Å². The third kappa shape index (κ3) is 6.49. The molecular formula is C22H22F4N6O5. The van der Waals surface area contributed by atoms with Crippen molar-refractivity contribution in [1.82, 2.24) is 9.88 Å². The van der Waals surface area contributed by atoms with Crippen LogP contribution in [0.4, 0.5) is 28.9 Å². The SMILES string of the molecule is CO[C@@H]1CCN(C(=O)CNc2cnccc2C(=N)C(N)=O)[C@@H]1C(=O)Nc1cccc(OC(F)(F)F)c1F. The minimum atomic E-state index is -5.14. The number of carbonyl (C=O) groups excluding carboxylic acids is 3. The van der Waals surface area contributed by atoms with Crippen LogP contribution >= 0.6 is 0 Å². The van der Waals surface area contributed by atoms with E-state index in [0.29, 0.717) is 0 Å². The third-order valence-corrected chi connectivity index (χ3v) is 5.45. The highest BCUT2D eigenvalue weighted by Gasteiger charge is 2.42. The Balaban J connectivity index is 1.75. The van der Waals surface area contributed by atoms with Crippen LogP contribution in [-0.4, -0.2) is 72.0 Å². The number of nitrogens with zero attached hydrogens (tertiary/aromatic N) is 2. The molecule has 11 nitrogen and oxygen atoms in total. The number of halogens is 4. The van der Waals surface area contributed by atoms with Crippen LogP contribution in [0.15, 0.2) is 36.7 Å². The Labute approximate surface area is 207 Å². The maximum absolute atomic E-state index is 14.5. The second-order valence-electron chi connectivity index (χ2n) is 7.76. The lowest BCUT2D eigenvalue weighted by molar-refractivity contribution is -0.275. The van der Waals surface area contributed by atoms with Gasteiger partial charge in [-0.25, -0.2) is 4.39 Å². The number of ether oxygens (including phenoxy) is 2. The lowest BCUT2D eigenvalue weighted by atomic mass is 10.1. The summed E-state index contributed by atoms with van der Waals surface area (Å²) in [5, 5.41) is 12.7.